The van der Waals surface area contributed by atoms with E-state index in [1.807, 2.05) is 36.5 Å². The van der Waals surface area contributed by atoms with Crippen molar-refractivity contribution >= 4 is 28.9 Å². The minimum absolute atomic E-state index is 0.168. The molecule has 4 aromatic rings. The third kappa shape index (κ3) is 4.85. The standard InChI is InChI=1S/C30H29ClN4O3/c1-37-28-7-6-21(31)15-23(28)27-14-20(8-10-32-27)16-34-11-9-26-24(17-34)30(22-4-2-3-5-25(22)33-26)29-18-35(19-36)12-13-38-29/h2-8,10,14-15,19,29H,9,11-13,16-18H2,1H3. The Bertz CT molecular complexity index is 1490. The lowest BCUT2D eigenvalue weighted by Crippen LogP contribution is -2.39. The SMILES string of the molecule is COc1ccc(Cl)cc1-c1cc(CN2CCc3nc4ccccc4c(C4CN(C=O)CCO4)c3C2)ccn1. The van der Waals surface area contributed by atoms with E-state index in [2.05, 4.69) is 34.1 Å². The van der Waals surface area contributed by atoms with Gasteiger partial charge in [-0.1, -0.05) is 29.8 Å². The van der Waals surface area contributed by atoms with Crippen LogP contribution in [0.3, 0.4) is 0 Å². The summed E-state index contributed by atoms with van der Waals surface area (Å²) in [7, 11) is 1.65. The summed E-state index contributed by atoms with van der Waals surface area (Å²) in [6, 6.07) is 18.0. The number of para-hydroxylation sites is 1. The van der Waals surface area contributed by atoms with Crippen molar-refractivity contribution in [1.29, 1.82) is 0 Å². The first-order valence-electron chi connectivity index (χ1n) is 12.9. The number of pyridine rings is 2. The molecule has 1 fully saturated rings. The number of carbonyl (C=O) groups excluding carboxylic acids is 1. The van der Waals surface area contributed by atoms with Crippen molar-refractivity contribution in [3.63, 3.8) is 0 Å². The molecule has 2 aromatic carbocycles. The van der Waals surface area contributed by atoms with Crippen LogP contribution in [0.2, 0.25) is 5.02 Å². The van der Waals surface area contributed by atoms with Gasteiger partial charge in [0.1, 0.15) is 11.9 Å². The van der Waals surface area contributed by atoms with Crippen LogP contribution in [0.25, 0.3) is 22.2 Å². The maximum Gasteiger partial charge on any atom is 0.209 e. The summed E-state index contributed by atoms with van der Waals surface area (Å²) in [6.45, 7) is 4.16. The first kappa shape index (κ1) is 24.8. The molecule has 7 nitrogen and oxygen atoms in total. The number of fused-ring (bicyclic) bond motifs is 2. The normalized spacial score (nSPS) is 17.8. The number of hydrogen-bond acceptors (Lipinski definition) is 6. The Morgan fingerprint density at radius 2 is 2.05 bits per heavy atom. The van der Waals surface area contributed by atoms with Crippen molar-refractivity contribution in [1.82, 2.24) is 19.8 Å². The number of carbonyl (C=O) groups is 1. The molecular weight excluding hydrogens is 500 g/mol. The van der Waals surface area contributed by atoms with E-state index in [0.29, 0.717) is 24.7 Å². The number of ether oxygens (including phenoxy) is 2. The molecule has 0 bridgehead atoms. The zero-order chi connectivity index (χ0) is 26.1. The summed E-state index contributed by atoms with van der Waals surface area (Å²) in [5, 5.41) is 1.75. The summed E-state index contributed by atoms with van der Waals surface area (Å²) < 4.78 is 11.8. The second-order valence-corrected chi connectivity index (χ2v) is 10.2. The van der Waals surface area contributed by atoms with Crippen LogP contribution in [0.5, 0.6) is 5.75 Å². The van der Waals surface area contributed by atoms with E-state index in [9.17, 15) is 4.79 Å². The lowest BCUT2D eigenvalue weighted by Gasteiger charge is -2.35. The molecule has 1 amide bonds. The van der Waals surface area contributed by atoms with Crippen molar-refractivity contribution in [2.24, 2.45) is 0 Å². The van der Waals surface area contributed by atoms with Gasteiger partial charge in [-0.3, -0.25) is 19.7 Å². The molecular formula is C30H29ClN4O3. The number of hydrogen-bond donors (Lipinski definition) is 0. The Morgan fingerprint density at radius 3 is 2.92 bits per heavy atom. The van der Waals surface area contributed by atoms with Gasteiger partial charge in [-0.25, -0.2) is 0 Å². The van der Waals surface area contributed by atoms with Crippen molar-refractivity contribution in [2.45, 2.75) is 25.6 Å². The van der Waals surface area contributed by atoms with Crippen LogP contribution < -0.4 is 4.74 Å². The number of aromatic nitrogens is 2. The van der Waals surface area contributed by atoms with Gasteiger partial charge in [0.2, 0.25) is 6.41 Å². The number of morpholine rings is 1. The van der Waals surface area contributed by atoms with Gasteiger partial charge in [0, 0.05) is 60.5 Å². The average Bonchev–Trinajstić information content (AvgIpc) is 2.96. The highest BCUT2D eigenvalue weighted by Crippen LogP contribution is 2.36. The molecule has 2 aromatic heterocycles. The Labute approximate surface area is 227 Å². The molecule has 8 heteroatoms. The maximum atomic E-state index is 11.6. The molecule has 1 atom stereocenters. The second-order valence-electron chi connectivity index (χ2n) is 9.78. The van der Waals surface area contributed by atoms with Crippen LogP contribution in [-0.4, -0.2) is 59.5 Å². The van der Waals surface area contributed by atoms with E-state index in [-0.39, 0.29) is 6.10 Å². The van der Waals surface area contributed by atoms with E-state index in [1.54, 1.807) is 12.0 Å². The number of amides is 1. The summed E-state index contributed by atoms with van der Waals surface area (Å²) in [5.41, 5.74) is 7.36. The van der Waals surface area contributed by atoms with Crippen molar-refractivity contribution in [2.75, 3.05) is 33.4 Å². The summed E-state index contributed by atoms with van der Waals surface area (Å²) >= 11 is 6.28. The predicted octanol–water partition coefficient (Wildman–Crippen LogP) is 5.05. The molecule has 2 aliphatic heterocycles. The zero-order valence-electron chi connectivity index (χ0n) is 21.3. The van der Waals surface area contributed by atoms with Gasteiger partial charge < -0.3 is 14.4 Å². The monoisotopic (exact) mass is 528 g/mol. The van der Waals surface area contributed by atoms with Crippen molar-refractivity contribution < 1.29 is 14.3 Å². The number of benzene rings is 2. The molecule has 0 saturated carbocycles. The van der Waals surface area contributed by atoms with Gasteiger partial charge in [0.25, 0.3) is 0 Å². The highest BCUT2D eigenvalue weighted by atomic mass is 35.5. The molecule has 1 saturated heterocycles. The number of rotatable bonds is 6. The Hall–Kier alpha value is -3.52. The molecule has 6 rings (SSSR count). The fourth-order valence-electron chi connectivity index (χ4n) is 5.58. The van der Waals surface area contributed by atoms with E-state index in [1.165, 1.54) is 11.1 Å². The summed E-state index contributed by atoms with van der Waals surface area (Å²) in [5.74, 6) is 0.741. The van der Waals surface area contributed by atoms with Crippen LogP contribution in [0.4, 0.5) is 0 Å². The van der Waals surface area contributed by atoms with Crippen molar-refractivity contribution in [3.8, 4) is 17.0 Å². The van der Waals surface area contributed by atoms with Crippen LogP contribution >= 0.6 is 11.6 Å². The lowest BCUT2D eigenvalue weighted by molar-refractivity contribution is -0.125. The van der Waals surface area contributed by atoms with Gasteiger partial charge in [-0.05, 0) is 53.1 Å². The quantitative estimate of drug-likeness (QED) is 0.326. The summed E-state index contributed by atoms with van der Waals surface area (Å²) in [4.78, 5) is 25.4. The van der Waals surface area contributed by atoms with Gasteiger partial charge in [0.15, 0.2) is 0 Å². The average molecular weight is 529 g/mol. The molecule has 194 valence electrons. The lowest BCUT2D eigenvalue weighted by atomic mass is 9.91. The van der Waals surface area contributed by atoms with Gasteiger partial charge in [0.05, 0.1) is 31.5 Å². The van der Waals surface area contributed by atoms with Gasteiger partial charge in [-0.2, -0.15) is 0 Å². The Kier molecular flexibility index (Phi) is 6.98. The Balaban J connectivity index is 1.32. The maximum absolute atomic E-state index is 11.6. The molecule has 0 radical (unpaired) electrons. The molecule has 1 unspecified atom stereocenters. The smallest absolute Gasteiger partial charge is 0.209 e. The number of halogens is 1. The largest absolute Gasteiger partial charge is 0.496 e. The van der Waals surface area contributed by atoms with Gasteiger partial charge >= 0.3 is 0 Å². The number of nitrogens with zero attached hydrogens (tertiary/aromatic N) is 4. The molecule has 4 heterocycles. The molecule has 0 N–H and O–H groups in total. The molecule has 0 aliphatic carbocycles. The molecule has 0 spiro atoms. The fourth-order valence-corrected chi connectivity index (χ4v) is 5.75. The first-order chi connectivity index (χ1) is 18.6. The third-order valence-corrected chi connectivity index (χ3v) is 7.64. The molecule has 2 aliphatic rings. The highest BCUT2D eigenvalue weighted by Gasteiger charge is 2.30. The second kappa shape index (κ2) is 10.7. The Morgan fingerprint density at radius 1 is 1.16 bits per heavy atom. The predicted molar refractivity (Wildman–Crippen MR) is 147 cm³/mol. The van der Waals surface area contributed by atoms with Crippen LogP contribution in [0.1, 0.15) is 28.5 Å². The highest BCUT2D eigenvalue weighted by molar-refractivity contribution is 6.31. The third-order valence-electron chi connectivity index (χ3n) is 7.41. The van der Waals surface area contributed by atoms with Crippen molar-refractivity contribution in [3.05, 3.63) is 88.2 Å². The topological polar surface area (TPSA) is 67.8 Å². The van der Waals surface area contributed by atoms with Crippen LogP contribution in [0.15, 0.2) is 60.8 Å². The summed E-state index contributed by atoms with van der Waals surface area (Å²) in [6.07, 6.45) is 3.46. The van der Waals surface area contributed by atoms with E-state index in [0.717, 1.165) is 71.6 Å². The van der Waals surface area contributed by atoms with E-state index >= 15 is 0 Å². The van der Waals surface area contributed by atoms with E-state index in [4.69, 9.17) is 26.1 Å². The van der Waals surface area contributed by atoms with Crippen LogP contribution in [0, 0.1) is 0 Å². The zero-order valence-corrected chi connectivity index (χ0v) is 22.0. The first-order valence-corrected chi connectivity index (χ1v) is 13.2. The van der Waals surface area contributed by atoms with Gasteiger partial charge in [-0.15, -0.1) is 0 Å². The molecule has 38 heavy (non-hydrogen) atoms. The fraction of sp³-hybridized carbons (Fsp3) is 0.300. The minimum atomic E-state index is -0.168. The minimum Gasteiger partial charge on any atom is -0.496 e. The van der Waals surface area contributed by atoms with Crippen LogP contribution in [-0.2, 0) is 29.0 Å². The van der Waals surface area contributed by atoms with E-state index < -0.39 is 0 Å². The number of methoxy groups -OCH3 is 1.